The van der Waals surface area contributed by atoms with Gasteiger partial charge in [-0.1, -0.05) is 11.6 Å². The van der Waals surface area contributed by atoms with Gasteiger partial charge < -0.3 is 15.4 Å². The number of nitrogens with two attached hydrogens (primary N) is 1. The molecule has 7 heteroatoms. The Balaban J connectivity index is 2.27. The van der Waals surface area contributed by atoms with E-state index >= 15 is 0 Å². The van der Waals surface area contributed by atoms with Crippen molar-refractivity contribution in [3.05, 3.63) is 16.8 Å². The molecule has 0 saturated carbocycles. The first-order chi connectivity index (χ1) is 7.68. The molecule has 0 unspecified atom stereocenters. The molecule has 1 aliphatic rings. The second-order valence-electron chi connectivity index (χ2n) is 3.37. The lowest BCUT2D eigenvalue weighted by molar-refractivity contribution is 0.1000. The molecule has 6 nitrogen and oxygen atoms in total. The highest BCUT2D eigenvalue weighted by atomic mass is 35.5. The Bertz CT molecular complexity index is 406. The number of primary amides is 1. The third-order valence-corrected chi connectivity index (χ3v) is 2.62. The molecule has 1 fully saturated rings. The van der Waals surface area contributed by atoms with Gasteiger partial charge in [0.05, 0.1) is 18.8 Å². The summed E-state index contributed by atoms with van der Waals surface area (Å²) in [6, 6.07) is 1.56. The van der Waals surface area contributed by atoms with Crippen LogP contribution in [0.1, 0.15) is 10.4 Å². The summed E-state index contributed by atoms with van der Waals surface area (Å²) in [7, 11) is 0. The summed E-state index contributed by atoms with van der Waals surface area (Å²) in [6.07, 6.45) is 0. The highest BCUT2D eigenvalue weighted by Gasteiger charge is 2.16. The van der Waals surface area contributed by atoms with Gasteiger partial charge >= 0.3 is 0 Å². The summed E-state index contributed by atoms with van der Waals surface area (Å²) < 4.78 is 5.22. The number of halogens is 1. The number of rotatable bonds is 2. The number of carbonyl (C=O) groups is 1. The molecule has 16 heavy (non-hydrogen) atoms. The van der Waals surface area contributed by atoms with Gasteiger partial charge in [-0.15, -0.1) is 10.2 Å². The molecule has 2 rings (SSSR count). The maximum atomic E-state index is 11.1. The van der Waals surface area contributed by atoms with Crippen LogP contribution in [0, 0.1) is 0 Å². The van der Waals surface area contributed by atoms with Crippen LogP contribution in [0.15, 0.2) is 6.07 Å². The van der Waals surface area contributed by atoms with Gasteiger partial charge in [0.1, 0.15) is 0 Å². The normalized spacial score (nSPS) is 16.2. The molecule has 0 spiro atoms. The minimum atomic E-state index is -0.602. The molecule has 0 aliphatic carbocycles. The van der Waals surface area contributed by atoms with Crippen molar-refractivity contribution in [1.29, 1.82) is 0 Å². The minimum absolute atomic E-state index is 0.0320. The van der Waals surface area contributed by atoms with Crippen molar-refractivity contribution in [3.63, 3.8) is 0 Å². The van der Waals surface area contributed by atoms with Gasteiger partial charge in [-0.25, -0.2) is 0 Å². The van der Waals surface area contributed by atoms with Crippen LogP contribution in [0.2, 0.25) is 5.15 Å². The molecule has 1 aliphatic heterocycles. The van der Waals surface area contributed by atoms with Crippen molar-refractivity contribution in [2.45, 2.75) is 0 Å². The van der Waals surface area contributed by atoms with Crippen LogP contribution in [0.25, 0.3) is 0 Å². The zero-order valence-electron chi connectivity index (χ0n) is 8.52. The van der Waals surface area contributed by atoms with E-state index in [4.69, 9.17) is 22.1 Å². The summed E-state index contributed by atoms with van der Waals surface area (Å²) in [4.78, 5) is 13.1. The lowest BCUT2D eigenvalue weighted by atomic mass is 10.2. The summed E-state index contributed by atoms with van der Waals surface area (Å²) >= 11 is 5.71. The standard InChI is InChI=1S/C9H11ClN4O2/c10-8-6(9(11)15)5-7(12-13-8)14-1-3-16-4-2-14/h5H,1-4H2,(H2,11,15). The molecule has 0 bridgehead atoms. The molecule has 1 saturated heterocycles. The van der Waals surface area contributed by atoms with E-state index in [2.05, 4.69) is 10.2 Å². The molecule has 1 amide bonds. The quantitative estimate of drug-likeness (QED) is 0.794. The SMILES string of the molecule is NC(=O)c1cc(N2CCOCC2)nnc1Cl. The van der Waals surface area contributed by atoms with Crippen LogP contribution in [-0.2, 0) is 4.74 Å². The summed E-state index contributed by atoms with van der Waals surface area (Å²) in [6.45, 7) is 2.70. The molecule has 0 radical (unpaired) electrons. The smallest absolute Gasteiger partial charge is 0.252 e. The third kappa shape index (κ3) is 2.23. The number of anilines is 1. The van der Waals surface area contributed by atoms with Crippen molar-refractivity contribution in [2.24, 2.45) is 5.73 Å². The Morgan fingerprint density at radius 2 is 2.12 bits per heavy atom. The topological polar surface area (TPSA) is 81.3 Å². The van der Waals surface area contributed by atoms with Crippen LogP contribution in [0.3, 0.4) is 0 Å². The van der Waals surface area contributed by atoms with Crippen LogP contribution in [0.5, 0.6) is 0 Å². The van der Waals surface area contributed by atoms with Gasteiger partial charge in [-0.3, -0.25) is 4.79 Å². The van der Waals surface area contributed by atoms with Crippen molar-refractivity contribution in [2.75, 3.05) is 31.2 Å². The fraction of sp³-hybridized carbons (Fsp3) is 0.444. The first-order valence-corrected chi connectivity index (χ1v) is 5.22. The molecule has 0 atom stereocenters. The summed E-state index contributed by atoms with van der Waals surface area (Å²) in [5.74, 6) is -0.00379. The van der Waals surface area contributed by atoms with Crippen LogP contribution in [-0.4, -0.2) is 42.4 Å². The summed E-state index contributed by atoms with van der Waals surface area (Å²) in [5.41, 5.74) is 5.37. The van der Waals surface area contributed by atoms with E-state index in [1.165, 1.54) is 0 Å². The van der Waals surface area contributed by atoms with E-state index in [9.17, 15) is 4.79 Å². The van der Waals surface area contributed by atoms with Gasteiger partial charge in [0.2, 0.25) is 0 Å². The van der Waals surface area contributed by atoms with E-state index < -0.39 is 5.91 Å². The lowest BCUT2D eigenvalue weighted by Gasteiger charge is -2.27. The highest BCUT2D eigenvalue weighted by Crippen LogP contribution is 2.18. The van der Waals surface area contributed by atoms with Crippen LogP contribution < -0.4 is 10.6 Å². The van der Waals surface area contributed by atoms with Crippen molar-refractivity contribution >= 4 is 23.3 Å². The maximum absolute atomic E-state index is 11.1. The van der Waals surface area contributed by atoms with Crippen LogP contribution >= 0.6 is 11.6 Å². The molecular formula is C9H11ClN4O2. The first-order valence-electron chi connectivity index (χ1n) is 4.84. The average molecular weight is 243 g/mol. The van der Waals surface area contributed by atoms with E-state index in [0.29, 0.717) is 32.1 Å². The number of aromatic nitrogens is 2. The minimum Gasteiger partial charge on any atom is -0.378 e. The number of amides is 1. The molecule has 2 N–H and O–H groups in total. The number of hydrogen-bond acceptors (Lipinski definition) is 5. The van der Waals surface area contributed by atoms with Gasteiger partial charge in [-0.05, 0) is 6.07 Å². The van der Waals surface area contributed by atoms with Crippen LogP contribution in [0.4, 0.5) is 5.82 Å². The largest absolute Gasteiger partial charge is 0.378 e. The van der Waals surface area contributed by atoms with E-state index in [0.717, 1.165) is 0 Å². The van der Waals surface area contributed by atoms with Gasteiger partial charge in [0.25, 0.3) is 5.91 Å². The van der Waals surface area contributed by atoms with E-state index in [1.807, 2.05) is 4.90 Å². The number of ether oxygens (including phenoxy) is 1. The first kappa shape index (κ1) is 11.1. The zero-order valence-corrected chi connectivity index (χ0v) is 9.28. The zero-order chi connectivity index (χ0) is 11.5. The second kappa shape index (κ2) is 4.63. The Morgan fingerprint density at radius 3 is 2.75 bits per heavy atom. The van der Waals surface area contributed by atoms with E-state index in [1.54, 1.807) is 6.07 Å². The fourth-order valence-electron chi connectivity index (χ4n) is 1.49. The third-order valence-electron chi connectivity index (χ3n) is 2.34. The Kier molecular flexibility index (Phi) is 3.21. The Hall–Kier alpha value is -1.40. The highest BCUT2D eigenvalue weighted by molar-refractivity contribution is 6.32. The van der Waals surface area contributed by atoms with E-state index in [-0.39, 0.29) is 10.7 Å². The van der Waals surface area contributed by atoms with Crippen molar-refractivity contribution in [1.82, 2.24) is 10.2 Å². The molecule has 2 heterocycles. The predicted molar refractivity (Wildman–Crippen MR) is 58.6 cm³/mol. The predicted octanol–water partition coefficient (Wildman–Crippen LogP) is 0.0655. The van der Waals surface area contributed by atoms with Crippen molar-refractivity contribution in [3.8, 4) is 0 Å². The molecule has 0 aromatic carbocycles. The molecule has 86 valence electrons. The second-order valence-corrected chi connectivity index (χ2v) is 3.73. The lowest BCUT2D eigenvalue weighted by Crippen LogP contribution is -2.37. The number of nitrogens with zero attached hydrogens (tertiary/aromatic N) is 3. The molecule has 1 aromatic rings. The monoisotopic (exact) mass is 242 g/mol. The fourth-order valence-corrected chi connectivity index (χ4v) is 1.67. The van der Waals surface area contributed by atoms with Gasteiger partial charge in [-0.2, -0.15) is 0 Å². The molecular weight excluding hydrogens is 232 g/mol. The van der Waals surface area contributed by atoms with Crippen molar-refractivity contribution < 1.29 is 9.53 Å². The summed E-state index contributed by atoms with van der Waals surface area (Å²) in [5, 5.41) is 7.67. The van der Waals surface area contributed by atoms with Gasteiger partial charge in [0, 0.05) is 13.1 Å². The number of carbonyl (C=O) groups excluding carboxylic acids is 1. The Morgan fingerprint density at radius 1 is 1.44 bits per heavy atom. The number of morpholine rings is 1. The number of hydrogen-bond donors (Lipinski definition) is 1. The average Bonchev–Trinajstić information content (AvgIpc) is 2.30. The molecule has 1 aromatic heterocycles. The van der Waals surface area contributed by atoms with Gasteiger partial charge in [0.15, 0.2) is 11.0 Å². The Labute approximate surface area is 97.3 Å². The maximum Gasteiger partial charge on any atom is 0.252 e.